The lowest BCUT2D eigenvalue weighted by Crippen LogP contribution is -2.06. The molecule has 0 aliphatic heterocycles. The van der Waals surface area contributed by atoms with Crippen molar-refractivity contribution >= 4 is 33.3 Å². The highest BCUT2D eigenvalue weighted by molar-refractivity contribution is 9.10. The monoisotopic (exact) mass is 354 g/mol. The number of rotatable bonds is 4. The van der Waals surface area contributed by atoms with Gasteiger partial charge in [0.05, 0.1) is 25.3 Å². The minimum absolute atomic E-state index is 0.206. The van der Waals surface area contributed by atoms with Crippen molar-refractivity contribution in [3.05, 3.63) is 57.0 Å². The predicted octanol–water partition coefficient (Wildman–Crippen LogP) is 4.35. The fraction of sp³-hybridized carbons (Fsp3) is 0.133. The molecule has 0 aromatic heterocycles. The average Bonchev–Trinajstić information content (AvgIpc) is 2.46. The Bertz CT molecular complexity index is 600. The normalized spacial score (nSPS) is 10.2. The van der Waals surface area contributed by atoms with Crippen molar-refractivity contribution in [3.8, 4) is 11.5 Å². The number of ketones is 1. The minimum atomic E-state index is -0.206. The number of methoxy groups -OCH3 is 2. The van der Waals surface area contributed by atoms with Crippen LogP contribution in [0, 0.1) is 0 Å². The summed E-state index contributed by atoms with van der Waals surface area (Å²) in [6, 6.07) is 10.2. The quantitative estimate of drug-likeness (QED) is 0.765. The van der Waals surface area contributed by atoms with Gasteiger partial charge in [0.15, 0.2) is 0 Å². The van der Waals surface area contributed by atoms with Crippen LogP contribution in [-0.4, -0.2) is 20.0 Å². The predicted molar refractivity (Wildman–Crippen MR) is 82.1 cm³/mol. The van der Waals surface area contributed by atoms with Gasteiger partial charge in [-0.3, -0.25) is 4.79 Å². The summed E-state index contributed by atoms with van der Waals surface area (Å²) in [4.78, 5) is 12.7. The third-order valence-electron chi connectivity index (χ3n) is 2.81. The molecular formula is C15H12BrClO3. The highest BCUT2D eigenvalue weighted by Gasteiger charge is 2.19. The molecule has 0 N–H and O–H groups in total. The first-order chi connectivity index (χ1) is 9.56. The van der Waals surface area contributed by atoms with E-state index in [4.69, 9.17) is 21.1 Å². The number of hydrogen-bond acceptors (Lipinski definition) is 3. The molecule has 0 spiro atoms. The molecule has 104 valence electrons. The second kappa shape index (κ2) is 6.29. The van der Waals surface area contributed by atoms with Gasteiger partial charge in [-0.2, -0.15) is 0 Å². The SMILES string of the molecule is COc1ccc(Cl)cc1C(=O)c1cc(Br)ccc1OC. The van der Waals surface area contributed by atoms with Gasteiger partial charge in [0.25, 0.3) is 0 Å². The molecule has 0 bridgehead atoms. The molecule has 2 rings (SSSR count). The fourth-order valence-corrected chi connectivity index (χ4v) is 2.39. The van der Waals surface area contributed by atoms with Crippen LogP contribution in [0.2, 0.25) is 5.02 Å². The summed E-state index contributed by atoms with van der Waals surface area (Å²) in [7, 11) is 3.04. The second-order valence-electron chi connectivity index (χ2n) is 4.02. The maximum atomic E-state index is 12.7. The number of carbonyl (C=O) groups is 1. The second-order valence-corrected chi connectivity index (χ2v) is 5.37. The zero-order valence-electron chi connectivity index (χ0n) is 10.9. The van der Waals surface area contributed by atoms with E-state index in [0.29, 0.717) is 27.6 Å². The topological polar surface area (TPSA) is 35.5 Å². The molecule has 0 fully saturated rings. The molecule has 0 atom stereocenters. The van der Waals surface area contributed by atoms with Gasteiger partial charge in [-0.1, -0.05) is 27.5 Å². The van der Waals surface area contributed by atoms with E-state index in [2.05, 4.69) is 15.9 Å². The molecule has 2 aromatic carbocycles. The first-order valence-corrected chi connectivity index (χ1v) is 6.95. The van der Waals surface area contributed by atoms with E-state index in [-0.39, 0.29) is 5.78 Å². The number of halogens is 2. The smallest absolute Gasteiger partial charge is 0.200 e. The van der Waals surface area contributed by atoms with Gasteiger partial charge in [0.1, 0.15) is 11.5 Å². The Hall–Kier alpha value is -1.52. The molecule has 5 heteroatoms. The number of hydrogen-bond donors (Lipinski definition) is 0. The molecule has 0 saturated heterocycles. The van der Waals surface area contributed by atoms with Crippen molar-refractivity contribution in [1.29, 1.82) is 0 Å². The molecule has 0 aliphatic carbocycles. The molecule has 0 heterocycles. The van der Waals surface area contributed by atoms with Crippen LogP contribution >= 0.6 is 27.5 Å². The number of ether oxygens (including phenoxy) is 2. The molecule has 3 nitrogen and oxygen atoms in total. The lowest BCUT2D eigenvalue weighted by molar-refractivity contribution is 0.103. The van der Waals surface area contributed by atoms with Crippen molar-refractivity contribution < 1.29 is 14.3 Å². The standard InChI is InChI=1S/C15H12BrClO3/c1-19-13-5-3-9(16)7-11(13)15(18)12-8-10(17)4-6-14(12)20-2/h3-8H,1-2H3. The molecule has 0 saturated carbocycles. The third kappa shape index (κ3) is 2.97. The van der Waals surface area contributed by atoms with Gasteiger partial charge in [-0.05, 0) is 36.4 Å². The Morgan fingerprint density at radius 1 is 1.00 bits per heavy atom. The van der Waals surface area contributed by atoms with Crippen molar-refractivity contribution in [1.82, 2.24) is 0 Å². The molecule has 0 aliphatic rings. The van der Waals surface area contributed by atoms with Gasteiger partial charge in [-0.15, -0.1) is 0 Å². The van der Waals surface area contributed by atoms with E-state index < -0.39 is 0 Å². The van der Waals surface area contributed by atoms with Crippen molar-refractivity contribution in [3.63, 3.8) is 0 Å². The molecule has 0 unspecified atom stereocenters. The Kier molecular flexibility index (Phi) is 4.68. The molecular weight excluding hydrogens is 344 g/mol. The molecule has 0 amide bonds. The number of carbonyl (C=O) groups excluding carboxylic acids is 1. The zero-order valence-corrected chi connectivity index (χ0v) is 13.3. The first-order valence-electron chi connectivity index (χ1n) is 5.78. The summed E-state index contributed by atoms with van der Waals surface area (Å²) in [6.45, 7) is 0. The fourth-order valence-electron chi connectivity index (χ4n) is 1.86. The molecule has 20 heavy (non-hydrogen) atoms. The van der Waals surface area contributed by atoms with E-state index in [9.17, 15) is 4.79 Å². The van der Waals surface area contributed by atoms with Crippen molar-refractivity contribution in [2.45, 2.75) is 0 Å². The largest absolute Gasteiger partial charge is 0.496 e. The van der Waals surface area contributed by atoms with Crippen LogP contribution in [0.1, 0.15) is 15.9 Å². The third-order valence-corrected chi connectivity index (χ3v) is 3.54. The Balaban J connectivity index is 2.56. The summed E-state index contributed by atoms with van der Waals surface area (Å²) in [5.74, 6) is 0.768. The van der Waals surface area contributed by atoms with Crippen LogP contribution in [0.4, 0.5) is 0 Å². The van der Waals surface area contributed by atoms with Gasteiger partial charge < -0.3 is 9.47 Å². The molecule has 0 radical (unpaired) electrons. The Labute approximate surface area is 130 Å². The van der Waals surface area contributed by atoms with Gasteiger partial charge in [-0.25, -0.2) is 0 Å². The van der Waals surface area contributed by atoms with Crippen LogP contribution in [0.3, 0.4) is 0 Å². The summed E-state index contributed by atoms with van der Waals surface area (Å²) < 4.78 is 11.2. The summed E-state index contributed by atoms with van der Waals surface area (Å²) in [5.41, 5.74) is 0.846. The van der Waals surface area contributed by atoms with Crippen molar-refractivity contribution in [2.75, 3.05) is 14.2 Å². The van der Waals surface area contributed by atoms with E-state index >= 15 is 0 Å². The summed E-state index contributed by atoms with van der Waals surface area (Å²) >= 11 is 9.31. The maximum absolute atomic E-state index is 12.7. The number of benzene rings is 2. The van der Waals surface area contributed by atoms with Crippen LogP contribution < -0.4 is 9.47 Å². The van der Waals surface area contributed by atoms with Gasteiger partial charge in [0, 0.05) is 9.50 Å². The minimum Gasteiger partial charge on any atom is -0.496 e. The van der Waals surface area contributed by atoms with E-state index in [1.54, 1.807) is 30.3 Å². The van der Waals surface area contributed by atoms with E-state index in [1.807, 2.05) is 6.07 Å². The highest BCUT2D eigenvalue weighted by Crippen LogP contribution is 2.30. The van der Waals surface area contributed by atoms with Crippen LogP contribution in [0.15, 0.2) is 40.9 Å². The van der Waals surface area contributed by atoms with Crippen molar-refractivity contribution in [2.24, 2.45) is 0 Å². The van der Waals surface area contributed by atoms with Crippen LogP contribution in [0.25, 0.3) is 0 Å². The van der Waals surface area contributed by atoms with E-state index in [0.717, 1.165) is 4.47 Å². The lowest BCUT2D eigenvalue weighted by Gasteiger charge is -2.11. The Morgan fingerprint density at radius 2 is 1.55 bits per heavy atom. The summed E-state index contributed by atoms with van der Waals surface area (Å²) in [6.07, 6.45) is 0. The Morgan fingerprint density at radius 3 is 2.15 bits per heavy atom. The summed E-state index contributed by atoms with van der Waals surface area (Å²) in [5, 5.41) is 0.475. The first kappa shape index (κ1) is 14.9. The molecule has 2 aromatic rings. The average molecular weight is 356 g/mol. The van der Waals surface area contributed by atoms with Gasteiger partial charge in [0.2, 0.25) is 5.78 Å². The van der Waals surface area contributed by atoms with E-state index in [1.165, 1.54) is 14.2 Å². The zero-order chi connectivity index (χ0) is 14.7. The van der Waals surface area contributed by atoms with Gasteiger partial charge >= 0.3 is 0 Å². The van der Waals surface area contributed by atoms with Crippen LogP contribution in [0.5, 0.6) is 11.5 Å². The highest BCUT2D eigenvalue weighted by atomic mass is 79.9. The lowest BCUT2D eigenvalue weighted by atomic mass is 10.0. The maximum Gasteiger partial charge on any atom is 0.200 e. The van der Waals surface area contributed by atoms with Crippen LogP contribution in [-0.2, 0) is 0 Å².